The molecule has 0 spiro atoms. The summed E-state index contributed by atoms with van der Waals surface area (Å²) in [6.07, 6.45) is 20.1. The molecule has 0 heterocycles. The second-order valence-corrected chi connectivity index (χ2v) is 5.99. The molecule has 2 heteroatoms. The van der Waals surface area contributed by atoms with E-state index >= 15 is 0 Å². The van der Waals surface area contributed by atoms with Crippen LogP contribution < -0.4 is 5.32 Å². The van der Waals surface area contributed by atoms with Gasteiger partial charge in [0.05, 0.1) is 0 Å². The lowest BCUT2D eigenvalue weighted by Crippen LogP contribution is -2.15. The van der Waals surface area contributed by atoms with Gasteiger partial charge in [-0.05, 0) is 25.9 Å². The zero-order valence-electron chi connectivity index (χ0n) is 14.2. The van der Waals surface area contributed by atoms with Gasteiger partial charge in [0.15, 0.2) is 0 Å². The molecule has 1 N–H and O–H groups in total. The van der Waals surface area contributed by atoms with Gasteiger partial charge in [0.2, 0.25) is 0 Å². The maximum Gasteiger partial charge on any atom is -0.00489 e. The van der Waals surface area contributed by atoms with E-state index in [9.17, 15) is 0 Å². The lowest BCUT2D eigenvalue weighted by molar-refractivity contribution is 0.532. The van der Waals surface area contributed by atoms with Crippen molar-refractivity contribution in [3.05, 3.63) is 0 Å². The Labute approximate surface area is 135 Å². The molecule has 0 aromatic heterocycles. The van der Waals surface area contributed by atoms with E-state index in [2.05, 4.69) is 19.2 Å². The van der Waals surface area contributed by atoms with E-state index in [1.165, 1.54) is 103 Å². The van der Waals surface area contributed by atoms with E-state index in [0.717, 1.165) is 0 Å². The minimum Gasteiger partial charge on any atom is -0.317 e. The smallest absolute Gasteiger partial charge is 0.00489 e. The largest absolute Gasteiger partial charge is 0.317 e. The molecule has 20 heavy (non-hydrogen) atoms. The zero-order chi connectivity index (χ0) is 14.0. The highest BCUT2D eigenvalue weighted by atomic mass is 35.5. The highest BCUT2D eigenvalue weighted by Gasteiger charge is 1.93. The Kier molecular flexibility index (Phi) is 24.3. The fraction of sp³-hybridized carbons (Fsp3) is 1.00. The predicted molar refractivity (Wildman–Crippen MR) is 96.1 cm³/mol. The molecule has 0 unspecified atom stereocenters. The second kappa shape index (κ2) is 21.5. The molecule has 0 aromatic rings. The minimum absolute atomic E-state index is 0. The zero-order valence-corrected chi connectivity index (χ0v) is 15.0. The van der Waals surface area contributed by atoms with Gasteiger partial charge in [-0.3, -0.25) is 0 Å². The Balaban J connectivity index is 0. The fourth-order valence-electron chi connectivity index (χ4n) is 2.57. The van der Waals surface area contributed by atoms with Crippen molar-refractivity contribution in [2.75, 3.05) is 13.1 Å². The van der Waals surface area contributed by atoms with Gasteiger partial charge in [-0.25, -0.2) is 0 Å². The molecular weight excluding hydrogens is 266 g/mol. The first kappa shape index (κ1) is 22.5. The molecule has 0 amide bonds. The maximum absolute atomic E-state index is 3.47. The summed E-state index contributed by atoms with van der Waals surface area (Å²) in [6.45, 7) is 6.94. The molecule has 0 fully saturated rings. The molecule has 0 aliphatic carbocycles. The highest BCUT2D eigenvalue weighted by molar-refractivity contribution is 5.85. The van der Waals surface area contributed by atoms with E-state index in [0.29, 0.717) is 0 Å². The monoisotopic (exact) mass is 305 g/mol. The topological polar surface area (TPSA) is 12.0 Å². The van der Waals surface area contributed by atoms with Crippen molar-refractivity contribution in [2.24, 2.45) is 0 Å². The van der Waals surface area contributed by atoms with Crippen LogP contribution in [0.25, 0.3) is 0 Å². The van der Waals surface area contributed by atoms with Crippen LogP contribution in [0.5, 0.6) is 0 Å². The number of unbranched alkanes of at least 4 members (excludes halogenated alkanes) is 12. The van der Waals surface area contributed by atoms with Gasteiger partial charge in [-0.2, -0.15) is 0 Å². The molecule has 0 aromatic carbocycles. The Morgan fingerprint density at radius 1 is 0.450 bits per heavy atom. The second-order valence-electron chi connectivity index (χ2n) is 5.99. The SMILES string of the molecule is CCCCCCCCCCCCCCCNCCC.Cl. The minimum atomic E-state index is 0. The molecule has 0 atom stereocenters. The summed E-state index contributed by atoms with van der Waals surface area (Å²) < 4.78 is 0. The van der Waals surface area contributed by atoms with Crippen molar-refractivity contribution in [3.8, 4) is 0 Å². The number of nitrogens with one attached hydrogen (secondary N) is 1. The predicted octanol–water partition coefficient (Wildman–Crippen LogP) is 6.50. The number of halogens is 1. The van der Waals surface area contributed by atoms with Crippen molar-refractivity contribution in [1.29, 1.82) is 0 Å². The normalized spacial score (nSPS) is 10.5. The van der Waals surface area contributed by atoms with Crippen LogP contribution in [0.1, 0.15) is 104 Å². The lowest BCUT2D eigenvalue weighted by Gasteiger charge is -2.04. The summed E-state index contributed by atoms with van der Waals surface area (Å²) in [7, 11) is 0. The summed E-state index contributed by atoms with van der Waals surface area (Å²) in [5.41, 5.74) is 0. The third-order valence-electron chi connectivity index (χ3n) is 3.88. The van der Waals surface area contributed by atoms with Crippen molar-refractivity contribution in [3.63, 3.8) is 0 Å². The van der Waals surface area contributed by atoms with Gasteiger partial charge in [0.1, 0.15) is 0 Å². The van der Waals surface area contributed by atoms with Crippen molar-refractivity contribution in [2.45, 2.75) is 104 Å². The Bertz CT molecular complexity index is 134. The highest BCUT2D eigenvalue weighted by Crippen LogP contribution is 2.12. The number of rotatable bonds is 16. The molecule has 0 rings (SSSR count). The molecule has 0 saturated heterocycles. The van der Waals surface area contributed by atoms with Crippen LogP contribution in [0.2, 0.25) is 0 Å². The summed E-state index contributed by atoms with van der Waals surface area (Å²) in [4.78, 5) is 0. The van der Waals surface area contributed by atoms with Gasteiger partial charge in [-0.1, -0.05) is 90.9 Å². The van der Waals surface area contributed by atoms with E-state index in [-0.39, 0.29) is 12.4 Å². The first-order valence-electron chi connectivity index (χ1n) is 9.12. The third-order valence-corrected chi connectivity index (χ3v) is 3.88. The quantitative estimate of drug-likeness (QED) is 0.321. The summed E-state index contributed by atoms with van der Waals surface area (Å²) in [5.74, 6) is 0. The molecule has 0 aliphatic heterocycles. The molecule has 0 saturated carbocycles. The van der Waals surface area contributed by atoms with Crippen molar-refractivity contribution < 1.29 is 0 Å². The van der Waals surface area contributed by atoms with Crippen LogP contribution in [0.15, 0.2) is 0 Å². The average molecular weight is 306 g/mol. The third kappa shape index (κ3) is 20.6. The number of hydrogen-bond donors (Lipinski definition) is 1. The summed E-state index contributed by atoms with van der Waals surface area (Å²) in [6, 6.07) is 0. The average Bonchev–Trinajstić information content (AvgIpc) is 2.43. The van der Waals surface area contributed by atoms with E-state index in [1.54, 1.807) is 0 Å². The molecule has 0 radical (unpaired) electrons. The van der Waals surface area contributed by atoms with Crippen LogP contribution in [-0.4, -0.2) is 13.1 Å². The Morgan fingerprint density at radius 3 is 1.25 bits per heavy atom. The first-order valence-corrected chi connectivity index (χ1v) is 9.12. The van der Waals surface area contributed by atoms with E-state index < -0.39 is 0 Å². The molecular formula is C18H40ClN. The van der Waals surface area contributed by atoms with Crippen LogP contribution in [0.3, 0.4) is 0 Å². The van der Waals surface area contributed by atoms with Gasteiger partial charge in [0, 0.05) is 0 Å². The van der Waals surface area contributed by atoms with E-state index in [4.69, 9.17) is 0 Å². The van der Waals surface area contributed by atoms with Gasteiger partial charge in [-0.15, -0.1) is 12.4 Å². The van der Waals surface area contributed by atoms with Gasteiger partial charge < -0.3 is 5.32 Å². The van der Waals surface area contributed by atoms with Gasteiger partial charge in [0.25, 0.3) is 0 Å². The van der Waals surface area contributed by atoms with Crippen molar-refractivity contribution >= 4 is 12.4 Å². The van der Waals surface area contributed by atoms with Crippen LogP contribution in [0, 0.1) is 0 Å². The Morgan fingerprint density at radius 2 is 0.850 bits per heavy atom. The van der Waals surface area contributed by atoms with Crippen LogP contribution in [0.4, 0.5) is 0 Å². The van der Waals surface area contributed by atoms with Crippen LogP contribution in [-0.2, 0) is 0 Å². The fourth-order valence-corrected chi connectivity index (χ4v) is 2.57. The number of hydrogen-bond acceptors (Lipinski definition) is 1. The lowest BCUT2D eigenvalue weighted by atomic mass is 10.0. The molecule has 0 aliphatic rings. The summed E-state index contributed by atoms with van der Waals surface area (Å²) in [5, 5.41) is 3.47. The van der Waals surface area contributed by atoms with Gasteiger partial charge >= 0.3 is 0 Å². The standard InChI is InChI=1S/C18H39N.ClH/c1-3-5-6-7-8-9-10-11-12-13-14-15-16-18-19-17-4-2;/h19H,3-18H2,1-2H3;1H. The molecule has 0 bridgehead atoms. The van der Waals surface area contributed by atoms with Crippen molar-refractivity contribution in [1.82, 2.24) is 5.32 Å². The molecule has 124 valence electrons. The van der Waals surface area contributed by atoms with Crippen LogP contribution >= 0.6 is 12.4 Å². The molecule has 1 nitrogen and oxygen atoms in total. The van der Waals surface area contributed by atoms with E-state index in [1.807, 2.05) is 0 Å². The summed E-state index contributed by atoms with van der Waals surface area (Å²) >= 11 is 0. The maximum atomic E-state index is 3.47. The Hall–Kier alpha value is 0.250. The first-order chi connectivity index (χ1) is 9.41.